The fraction of sp³-hybridized carbons (Fsp3) is 0. The first-order valence-corrected chi connectivity index (χ1v) is 4.76. The van der Waals surface area contributed by atoms with Gasteiger partial charge in [-0.3, -0.25) is 0 Å². The molecule has 0 saturated carbocycles. The molecule has 2 aromatic rings. The summed E-state index contributed by atoms with van der Waals surface area (Å²) in [6, 6.07) is 4.68. The fourth-order valence-electron chi connectivity index (χ4n) is 1.05. The summed E-state index contributed by atoms with van der Waals surface area (Å²) < 4.78 is 14.0. The summed E-state index contributed by atoms with van der Waals surface area (Å²) >= 11 is 3.26. The maximum Gasteiger partial charge on any atom is 0.204 e. The summed E-state index contributed by atoms with van der Waals surface area (Å²) in [4.78, 5) is 6.76. The third kappa shape index (κ3) is 1.93. The smallest absolute Gasteiger partial charge is 0.204 e. The van der Waals surface area contributed by atoms with Gasteiger partial charge in [0.05, 0.1) is 5.69 Å². The number of rotatable bonds is 2. The number of anilines is 2. The van der Waals surface area contributed by atoms with Crippen molar-refractivity contribution in [3.8, 4) is 0 Å². The van der Waals surface area contributed by atoms with Gasteiger partial charge in [-0.2, -0.15) is 0 Å². The van der Waals surface area contributed by atoms with Crippen molar-refractivity contribution in [3.05, 3.63) is 40.9 Å². The van der Waals surface area contributed by atoms with Gasteiger partial charge in [-0.1, -0.05) is 15.9 Å². The number of hydrogen-bond acceptors (Lipinski definition) is 2. The normalized spacial score (nSPS) is 10.1. The van der Waals surface area contributed by atoms with Gasteiger partial charge >= 0.3 is 0 Å². The molecule has 0 aliphatic heterocycles. The summed E-state index contributed by atoms with van der Waals surface area (Å²) in [6.45, 7) is 0. The zero-order valence-corrected chi connectivity index (χ0v) is 8.68. The fourth-order valence-corrected chi connectivity index (χ4v) is 1.42. The Kier molecular flexibility index (Phi) is 2.49. The summed E-state index contributed by atoms with van der Waals surface area (Å²) in [5, 5.41) is 2.82. The van der Waals surface area contributed by atoms with Crippen LogP contribution in [0.2, 0.25) is 0 Å². The van der Waals surface area contributed by atoms with Gasteiger partial charge in [0.15, 0.2) is 0 Å². The summed E-state index contributed by atoms with van der Waals surface area (Å²) in [5.74, 6) is 0.201. The Labute approximate surface area is 88.5 Å². The minimum Gasteiger partial charge on any atom is -0.331 e. The number of aromatic nitrogens is 2. The largest absolute Gasteiger partial charge is 0.331 e. The maximum atomic E-state index is 13.2. The molecule has 1 aromatic heterocycles. The van der Waals surface area contributed by atoms with Gasteiger partial charge in [-0.25, -0.2) is 9.37 Å². The number of benzene rings is 1. The van der Waals surface area contributed by atoms with Gasteiger partial charge in [0, 0.05) is 16.9 Å². The lowest BCUT2D eigenvalue weighted by molar-refractivity contribution is 0.631. The van der Waals surface area contributed by atoms with Crippen LogP contribution in [0.5, 0.6) is 0 Å². The van der Waals surface area contributed by atoms with Crippen molar-refractivity contribution >= 4 is 27.6 Å². The second kappa shape index (κ2) is 3.79. The number of halogens is 2. The molecule has 0 radical (unpaired) electrons. The topological polar surface area (TPSA) is 40.7 Å². The van der Waals surface area contributed by atoms with Crippen molar-refractivity contribution in [1.29, 1.82) is 0 Å². The van der Waals surface area contributed by atoms with E-state index in [1.165, 1.54) is 6.07 Å². The van der Waals surface area contributed by atoms with Crippen LogP contribution in [0, 0.1) is 5.82 Å². The summed E-state index contributed by atoms with van der Waals surface area (Å²) in [6.07, 6.45) is 3.26. The minimum absolute atomic E-state index is 0.315. The summed E-state index contributed by atoms with van der Waals surface area (Å²) in [5.41, 5.74) is 0.384. The number of H-pyrrole nitrogens is 1. The minimum atomic E-state index is -0.315. The Balaban J connectivity index is 2.28. The van der Waals surface area contributed by atoms with Crippen molar-refractivity contribution in [2.24, 2.45) is 0 Å². The molecule has 5 heteroatoms. The molecule has 1 heterocycles. The second-order valence-corrected chi connectivity index (χ2v) is 3.60. The Morgan fingerprint density at radius 1 is 1.43 bits per heavy atom. The van der Waals surface area contributed by atoms with Crippen LogP contribution in [-0.2, 0) is 0 Å². The maximum absolute atomic E-state index is 13.2. The van der Waals surface area contributed by atoms with Crippen LogP contribution in [-0.4, -0.2) is 9.97 Å². The van der Waals surface area contributed by atoms with Crippen LogP contribution in [0.15, 0.2) is 35.1 Å². The molecule has 0 saturated heterocycles. The van der Waals surface area contributed by atoms with E-state index in [0.717, 1.165) is 4.47 Å². The molecule has 3 nitrogen and oxygen atoms in total. The zero-order chi connectivity index (χ0) is 9.97. The van der Waals surface area contributed by atoms with E-state index in [-0.39, 0.29) is 5.82 Å². The first-order chi connectivity index (χ1) is 6.75. The highest BCUT2D eigenvalue weighted by Crippen LogP contribution is 2.21. The number of hydrogen-bond donors (Lipinski definition) is 2. The van der Waals surface area contributed by atoms with Gasteiger partial charge in [0.1, 0.15) is 5.82 Å². The van der Waals surface area contributed by atoms with E-state index < -0.39 is 0 Å². The Bertz CT molecular complexity index is 428. The Hall–Kier alpha value is -1.36. The highest BCUT2D eigenvalue weighted by atomic mass is 79.9. The van der Waals surface area contributed by atoms with Crippen molar-refractivity contribution in [3.63, 3.8) is 0 Å². The molecule has 0 unspecified atom stereocenters. The number of nitrogens with zero attached hydrogens (tertiary/aromatic N) is 1. The van der Waals surface area contributed by atoms with Crippen LogP contribution < -0.4 is 5.32 Å². The van der Waals surface area contributed by atoms with Crippen molar-refractivity contribution in [1.82, 2.24) is 9.97 Å². The molecule has 0 atom stereocenters. The molecule has 0 amide bonds. The summed E-state index contributed by atoms with van der Waals surface area (Å²) in [7, 11) is 0. The van der Waals surface area contributed by atoms with E-state index in [4.69, 9.17) is 0 Å². The van der Waals surface area contributed by atoms with E-state index in [1.54, 1.807) is 24.5 Å². The van der Waals surface area contributed by atoms with Gasteiger partial charge in [0.25, 0.3) is 0 Å². The van der Waals surface area contributed by atoms with E-state index in [9.17, 15) is 4.39 Å². The quantitative estimate of drug-likeness (QED) is 0.866. The van der Waals surface area contributed by atoms with Gasteiger partial charge in [0.2, 0.25) is 5.95 Å². The van der Waals surface area contributed by atoms with Crippen molar-refractivity contribution < 1.29 is 4.39 Å². The van der Waals surface area contributed by atoms with E-state index in [0.29, 0.717) is 11.6 Å². The highest BCUT2D eigenvalue weighted by Gasteiger charge is 2.03. The average molecular weight is 256 g/mol. The van der Waals surface area contributed by atoms with E-state index in [1.807, 2.05) is 0 Å². The third-order valence-electron chi connectivity index (χ3n) is 1.68. The molecule has 0 fully saturated rings. The average Bonchev–Trinajstić information content (AvgIpc) is 2.64. The molecule has 0 bridgehead atoms. The van der Waals surface area contributed by atoms with Gasteiger partial charge in [-0.05, 0) is 18.2 Å². The van der Waals surface area contributed by atoms with Crippen molar-refractivity contribution in [2.75, 3.05) is 5.32 Å². The van der Waals surface area contributed by atoms with Gasteiger partial charge < -0.3 is 10.3 Å². The van der Waals surface area contributed by atoms with E-state index in [2.05, 4.69) is 31.2 Å². The SMILES string of the molecule is Fc1ccc(Br)cc1Nc1ncc[nH]1. The van der Waals surface area contributed by atoms with Crippen LogP contribution >= 0.6 is 15.9 Å². The number of aromatic amines is 1. The van der Waals surface area contributed by atoms with Crippen LogP contribution in [0.25, 0.3) is 0 Å². The lowest BCUT2D eigenvalue weighted by Gasteiger charge is -2.04. The number of imidazole rings is 1. The molecule has 2 N–H and O–H groups in total. The molecule has 0 aliphatic carbocycles. The van der Waals surface area contributed by atoms with Gasteiger partial charge in [-0.15, -0.1) is 0 Å². The van der Waals surface area contributed by atoms with E-state index >= 15 is 0 Å². The first-order valence-electron chi connectivity index (χ1n) is 3.97. The Morgan fingerprint density at radius 2 is 2.29 bits per heavy atom. The predicted octanol–water partition coefficient (Wildman–Crippen LogP) is 3.05. The number of nitrogens with one attached hydrogen (secondary N) is 2. The molecule has 0 spiro atoms. The lowest BCUT2D eigenvalue weighted by atomic mass is 10.3. The van der Waals surface area contributed by atoms with Crippen LogP contribution in [0.1, 0.15) is 0 Å². The lowest BCUT2D eigenvalue weighted by Crippen LogP contribution is -1.95. The molecular weight excluding hydrogens is 249 g/mol. The standard InChI is InChI=1S/C9H7BrFN3/c10-6-1-2-7(11)8(5-6)14-9-12-3-4-13-9/h1-5H,(H2,12,13,14). The highest BCUT2D eigenvalue weighted by molar-refractivity contribution is 9.10. The zero-order valence-electron chi connectivity index (χ0n) is 7.09. The first kappa shape index (κ1) is 9.21. The van der Waals surface area contributed by atoms with Crippen molar-refractivity contribution in [2.45, 2.75) is 0 Å². The Morgan fingerprint density at radius 3 is 3.00 bits per heavy atom. The monoisotopic (exact) mass is 255 g/mol. The predicted molar refractivity (Wildman–Crippen MR) is 56.0 cm³/mol. The van der Waals surface area contributed by atoms with Crippen LogP contribution in [0.3, 0.4) is 0 Å². The second-order valence-electron chi connectivity index (χ2n) is 2.69. The molecule has 1 aromatic carbocycles. The van der Waals surface area contributed by atoms with Crippen LogP contribution in [0.4, 0.5) is 16.0 Å². The molecule has 0 aliphatic rings. The molecular formula is C9H7BrFN3. The molecule has 14 heavy (non-hydrogen) atoms. The third-order valence-corrected chi connectivity index (χ3v) is 2.17. The molecule has 72 valence electrons. The molecule has 2 rings (SSSR count).